The third-order valence-corrected chi connectivity index (χ3v) is 11.8. The van der Waals surface area contributed by atoms with Gasteiger partial charge >= 0.3 is 0 Å². The van der Waals surface area contributed by atoms with Crippen molar-refractivity contribution in [1.82, 2.24) is 0 Å². The molecule has 2 nitrogen and oxygen atoms in total. The summed E-state index contributed by atoms with van der Waals surface area (Å²) in [7, 11) is 0. The molecule has 10 unspecified atom stereocenters. The minimum absolute atomic E-state index is 0.110. The molecule has 10 atom stereocenters. The van der Waals surface area contributed by atoms with Crippen molar-refractivity contribution in [3.8, 4) is 0 Å². The van der Waals surface area contributed by atoms with Crippen LogP contribution in [-0.4, -0.2) is 6.04 Å². The van der Waals surface area contributed by atoms with Gasteiger partial charge in [-0.05, 0) is 116 Å². The minimum Gasteiger partial charge on any atom is -0.151 e. The molecule has 0 aromatic rings. The average molecular weight is 416 g/mol. The van der Waals surface area contributed by atoms with Crippen molar-refractivity contribution in [2.24, 2.45) is 63.4 Å². The molecule has 0 saturated heterocycles. The second-order valence-electron chi connectivity index (χ2n) is 13.2. The molecule has 30 heavy (non-hydrogen) atoms. The van der Waals surface area contributed by atoms with E-state index in [1.165, 1.54) is 57.8 Å². The van der Waals surface area contributed by atoms with Gasteiger partial charge in [0.1, 0.15) is 0 Å². The van der Waals surface area contributed by atoms with Crippen LogP contribution in [-0.2, 0) is 0 Å². The van der Waals surface area contributed by atoms with Gasteiger partial charge in [0.05, 0.1) is 6.04 Å². The first-order chi connectivity index (χ1) is 14.2. The van der Waals surface area contributed by atoms with E-state index in [0.717, 1.165) is 60.2 Å². The molecule has 4 fully saturated rings. The molecule has 4 aliphatic carbocycles. The number of rotatable bonds is 6. The highest BCUT2D eigenvalue weighted by atomic mass is 16.3. The number of nitrogens with zero attached hydrogens (tertiary/aromatic N) is 1. The van der Waals surface area contributed by atoms with E-state index in [0.29, 0.717) is 10.8 Å². The molecule has 0 aliphatic heterocycles. The van der Waals surface area contributed by atoms with Crippen LogP contribution in [0, 0.1) is 63.1 Å². The molecule has 0 radical (unpaired) electrons. The zero-order valence-corrected chi connectivity index (χ0v) is 20.8. The summed E-state index contributed by atoms with van der Waals surface area (Å²) in [5.74, 6) is 7.11. The zero-order chi connectivity index (χ0) is 21.7. The van der Waals surface area contributed by atoms with Crippen LogP contribution in [0.25, 0.3) is 0 Å². The summed E-state index contributed by atoms with van der Waals surface area (Å²) in [6.45, 7) is 15.1. The van der Waals surface area contributed by atoms with Crippen molar-refractivity contribution in [2.75, 3.05) is 0 Å². The average Bonchev–Trinajstić information content (AvgIpc) is 3.08. The predicted molar refractivity (Wildman–Crippen MR) is 127 cm³/mol. The fourth-order valence-electron chi connectivity index (χ4n) is 9.37. The van der Waals surface area contributed by atoms with Crippen molar-refractivity contribution in [2.45, 2.75) is 118 Å². The largest absolute Gasteiger partial charge is 0.151 e. The predicted octanol–water partition coefficient (Wildman–Crippen LogP) is 8.49. The van der Waals surface area contributed by atoms with Crippen molar-refractivity contribution >= 4 is 0 Å². The van der Waals surface area contributed by atoms with Crippen LogP contribution in [0.1, 0.15) is 112 Å². The van der Waals surface area contributed by atoms with E-state index in [1.54, 1.807) is 0 Å². The van der Waals surface area contributed by atoms with Crippen LogP contribution in [0.5, 0.6) is 0 Å². The second-order valence-corrected chi connectivity index (χ2v) is 13.2. The fraction of sp³-hybridized carbons (Fsp3) is 1.00. The Balaban J connectivity index is 1.45. The third kappa shape index (κ3) is 3.71. The van der Waals surface area contributed by atoms with Crippen LogP contribution in [0.2, 0.25) is 0 Å². The first kappa shape index (κ1) is 22.8. The lowest BCUT2D eigenvalue weighted by molar-refractivity contribution is -0.116. The SMILES string of the molecule is CC(C)C(C)CCC(C)C1CCC2C3CCC4CC(N=O)CCC4(C)C3CCC12C. The molecular weight excluding hydrogens is 366 g/mol. The molecule has 4 saturated carbocycles. The van der Waals surface area contributed by atoms with Crippen molar-refractivity contribution in [3.63, 3.8) is 0 Å². The van der Waals surface area contributed by atoms with Gasteiger partial charge in [0.2, 0.25) is 0 Å². The summed E-state index contributed by atoms with van der Waals surface area (Å²) in [5.41, 5.74) is 1.08. The summed E-state index contributed by atoms with van der Waals surface area (Å²) in [6.07, 6.45) is 14.9. The smallest absolute Gasteiger partial charge is 0.0922 e. The Kier molecular flexibility index (Phi) is 6.46. The normalized spacial score (nSPS) is 47.8. The number of hydrogen-bond acceptors (Lipinski definition) is 2. The maximum Gasteiger partial charge on any atom is 0.0922 e. The topological polar surface area (TPSA) is 29.4 Å². The van der Waals surface area contributed by atoms with Crippen LogP contribution >= 0.6 is 0 Å². The van der Waals surface area contributed by atoms with Gasteiger partial charge in [-0.2, -0.15) is 4.91 Å². The second kappa shape index (κ2) is 8.51. The Morgan fingerprint density at radius 2 is 1.53 bits per heavy atom. The first-order valence-electron chi connectivity index (χ1n) is 13.5. The molecule has 2 heteroatoms. The van der Waals surface area contributed by atoms with Gasteiger partial charge in [-0.25, -0.2) is 0 Å². The van der Waals surface area contributed by atoms with Crippen molar-refractivity contribution in [3.05, 3.63) is 4.91 Å². The van der Waals surface area contributed by atoms with Gasteiger partial charge < -0.3 is 0 Å². The highest BCUT2D eigenvalue weighted by Gasteiger charge is 2.60. The van der Waals surface area contributed by atoms with Gasteiger partial charge in [-0.1, -0.05) is 59.6 Å². The molecule has 0 heterocycles. The van der Waals surface area contributed by atoms with Gasteiger partial charge in [0, 0.05) is 0 Å². The first-order valence-corrected chi connectivity index (χ1v) is 13.5. The molecule has 4 aliphatic rings. The molecule has 4 rings (SSSR count). The molecular formula is C28H49NO. The molecule has 0 bridgehead atoms. The Morgan fingerprint density at radius 3 is 2.23 bits per heavy atom. The van der Waals surface area contributed by atoms with E-state index in [2.05, 4.69) is 46.7 Å². The highest BCUT2D eigenvalue weighted by Crippen LogP contribution is 2.68. The van der Waals surface area contributed by atoms with E-state index < -0.39 is 0 Å². The van der Waals surface area contributed by atoms with Crippen molar-refractivity contribution < 1.29 is 0 Å². The summed E-state index contributed by atoms with van der Waals surface area (Å²) < 4.78 is 0. The maximum absolute atomic E-state index is 11.2. The Hall–Kier alpha value is -0.400. The molecule has 172 valence electrons. The van der Waals surface area contributed by atoms with Crippen LogP contribution in [0.4, 0.5) is 0 Å². The van der Waals surface area contributed by atoms with Gasteiger partial charge in [-0.3, -0.25) is 0 Å². The lowest BCUT2D eigenvalue weighted by atomic mass is 9.44. The summed E-state index contributed by atoms with van der Waals surface area (Å²) >= 11 is 0. The van der Waals surface area contributed by atoms with E-state index in [4.69, 9.17) is 0 Å². The Morgan fingerprint density at radius 1 is 0.833 bits per heavy atom. The standard InChI is InChI=1S/C28H49NO/c1-18(2)19(3)7-8-20(4)24-11-12-25-23-10-9-21-17-22(29-30)13-15-27(21,5)26(23)14-16-28(24,25)6/h18-26H,7-17H2,1-6H3. The minimum atomic E-state index is 0.110. The van der Waals surface area contributed by atoms with E-state index in [-0.39, 0.29) is 6.04 Å². The van der Waals surface area contributed by atoms with Gasteiger partial charge in [-0.15, -0.1) is 0 Å². The summed E-state index contributed by atoms with van der Waals surface area (Å²) in [5, 5.41) is 3.46. The Bertz CT molecular complexity index is 616. The maximum atomic E-state index is 11.2. The summed E-state index contributed by atoms with van der Waals surface area (Å²) in [6, 6.07) is 0.110. The van der Waals surface area contributed by atoms with Crippen molar-refractivity contribution in [1.29, 1.82) is 0 Å². The Labute approximate surface area is 186 Å². The quantitative estimate of drug-likeness (QED) is 0.400. The lowest BCUT2D eigenvalue weighted by Crippen LogP contribution is -2.54. The number of hydrogen-bond donors (Lipinski definition) is 0. The van der Waals surface area contributed by atoms with E-state index >= 15 is 0 Å². The summed E-state index contributed by atoms with van der Waals surface area (Å²) in [4.78, 5) is 11.2. The molecule has 0 amide bonds. The van der Waals surface area contributed by atoms with Crippen LogP contribution in [0.15, 0.2) is 5.18 Å². The van der Waals surface area contributed by atoms with Gasteiger partial charge in [0.15, 0.2) is 0 Å². The zero-order valence-electron chi connectivity index (χ0n) is 20.8. The lowest BCUT2D eigenvalue weighted by Gasteiger charge is -2.61. The number of nitroso groups, excluding NO2 is 1. The van der Waals surface area contributed by atoms with Crippen LogP contribution < -0.4 is 0 Å². The van der Waals surface area contributed by atoms with E-state index in [1.807, 2.05) is 0 Å². The molecule has 0 aromatic heterocycles. The number of fused-ring (bicyclic) bond motifs is 5. The molecule has 0 N–H and O–H groups in total. The van der Waals surface area contributed by atoms with E-state index in [9.17, 15) is 4.91 Å². The third-order valence-electron chi connectivity index (χ3n) is 11.8. The molecule has 0 aromatic carbocycles. The monoisotopic (exact) mass is 415 g/mol. The van der Waals surface area contributed by atoms with Crippen LogP contribution in [0.3, 0.4) is 0 Å². The molecule has 0 spiro atoms. The fourth-order valence-corrected chi connectivity index (χ4v) is 9.37. The van der Waals surface area contributed by atoms with Gasteiger partial charge in [0.25, 0.3) is 0 Å². The highest BCUT2D eigenvalue weighted by molar-refractivity contribution is 5.10.